The molecule has 3 aliphatic rings. The Hall–Kier alpha value is -1.39. The van der Waals surface area contributed by atoms with E-state index in [0.717, 1.165) is 51.7 Å². The fourth-order valence-corrected chi connectivity index (χ4v) is 5.74. The highest BCUT2D eigenvalue weighted by atomic mass is 16.3. The summed E-state index contributed by atoms with van der Waals surface area (Å²) < 4.78 is 0. The van der Waals surface area contributed by atoms with E-state index in [-0.39, 0.29) is 17.9 Å². The van der Waals surface area contributed by atoms with Crippen LogP contribution < -0.4 is 0 Å². The van der Waals surface area contributed by atoms with E-state index in [1.165, 1.54) is 31.5 Å². The third kappa shape index (κ3) is 3.93. The maximum Gasteiger partial charge on any atom is 0.233 e. The molecular formula is C23H34N2O2. The maximum atomic E-state index is 13.8. The number of nitrogens with zero attached hydrogens (tertiary/aromatic N) is 2. The summed E-state index contributed by atoms with van der Waals surface area (Å²) in [6.07, 6.45) is 7.85. The van der Waals surface area contributed by atoms with Crippen LogP contribution in [0, 0.1) is 11.8 Å². The minimum atomic E-state index is -0.337. The molecule has 3 fully saturated rings. The van der Waals surface area contributed by atoms with Crippen molar-refractivity contribution >= 4 is 5.91 Å². The Bertz CT molecular complexity index is 621. The topological polar surface area (TPSA) is 43.8 Å². The Labute approximate surface area is 163 Å². The van der Waals surface area contributed by atoms with Gasteiger partial charge in [-0.2, -0.15) is 0 Å². The standard InChI is InChI=1S/C23H34N2O2/c26-18-20-14-19(15-24-12-6-7-13-24)16-25(17-20)22(27)23(10-4-5-11-23)21-8-2-1-3-9-21/h1-3,8-9,19-20,26H,4-7,10-18H2/t19-,20-/m1/s1. The molecule has 1 aromatic rings. The van der Waals surface area contributed by atoms with E-state index >= 15 is 0 Å². The lowest BCUT2D eigenvalue weighted by atomic mass is 9.76. The van der Waals surface area contributed by atoms with Gasteiger partial charge in [0, 0.05) is 26.2 Å². The second-order valence-electron chi connectivity index (χ2n) is 9.02. The van der Waals surface area contributed by atoms with Gasteiger partial charge in [-0.1, -0.05) is 43.2 Å². The quantitative estimate of drug-likeness (QED) is 0.866. The number of hydrogen-bond donors (Lipinski definition) is 1. The highest BCUT2D eigenvalue weighted by Gasteiger charge is 2.46. The summed E-state index contributed by atoms with van der Waals surface area (Å²) in [7, 11) is 0. The molecule has 4 heteroatoms. The average molecular weight is 371 g/mol. The van der Waals surface area contributed by atoms with Crippen molar-refractivity contribution in [2.45, 2.75) is 50.4 Å². The number of carbonyl (C=O) groups is 1. The number of rotatable bonds is 5. The molecule has 0 bridgehead atoms. The number of carbonyl (C=O) groups excluding carboxylic acids is 1. The van der Waals surface area contributed by atoms with E-state index in [1.54, 1.807) is 0 Å². The van der Waals surface area contributed by atoms with E-state index < -0.39 is 0 Å². The number of aliphatic hydroxyl groups is 1. The molecule has 0 unspecified atom stereocenters. The van der Waals surface area contributed by atoms with Crippen molar-refractivity contribution in [2.75, 3.05) is 39.3 Å². The lowest BCUT2D eigenvalue weighted by molar-refractivity contribution is -0.141. The molecule has 0 aromatic heterocycles. The Balaban J connectivity index is 1.53. The van der Waals surface area contributed by atoms with Crippen molar-refractivity contribution in [3.63, 3.8) is 0 Å². The van der Waals surface area contributed by atoms with E-state index in [0.29, 0.717) is 11.8 Å². The first-order chi connectivity index (χ1) is 13.2. The van der Waals surface area contributed by atoms with Crippen molar-refractivity contribution < 1.29 is 9.90 Å². The van der Waals surface area contributed by atoms with E-state index in [4.69, 9.17) is 0 Å². The van der Waals surface area contributed by atoms with Crippen molar-refractivity contribution in [1.82, 2.24) is 9.80 Å². The monoisotopic (exact) mass is 370 g/mol. The molecule has 4 rings (SSSR count). The first-order valence-electron chi connectivity index (χ1n) is 10.9. The van der Waals surface area contributed by atoms with Crippen LogP contribution in [-0.4, -0.2) is 60.1 Å². The fraction of sp³-hybridized carbons (Fsp3) is 0.696. The van der Waals surface area contributed by atoms with Crippen LogP contribution >= 0.6 is 0 Å². The molecular weight excluding hydrogens is 336 g/mol. The fourth-order valence-electron chi connectivity index (χ4n) is 5.74. The van der Waals surface area contributed by atoms with Gasteiger partial charge in [-0.15, -0.1) is 0 Å². The number of aliphatic hydroxyl groups excluding tert-OH is 1. The van der Waals surface area contributed by atoms with Gasteiger partial charge >= 0.3 is 0 Å². The molecule has 2 heterocycles. The zero-order valence-electron chi connectivity index (χ0n) is 16.5. The minimum absolute atomic E-state index is 0.193. The highest BCUT2D eigenvalue weighted by Crippen LogP contribution is 2.43. The number of likely N-dealkylation sites (tertiary alicyclic amines) is 2. The van der Waals surface area contributed by atoms with Gasteiger partial charge in [-0.25, -0.2) is 0 Å². The number of piperidine rings is 1. The number of benzene rings is 1. The SMILES string of the molecule is O=C(N1C[C@H](CO)C[C@H](CN2CCCC2)C1)C1(c2ccccc2)CCCC1. The molecule has 148 valence electrons. The average Bonchev–Trinajstić information content (AvgIpc) is 3.40. The van der Waals surface area contributed by atoms with Gasteiger partial charge < -0.3 is 14.9 Å². The van der Waals surface area contributed by atoms with Crippen molar-refractivity contribution in [3.05, 3.63) is 35.9 Å². The van der Waals surface area contributed by atoms with Crippen LogP contribution in [0.1, 0.15) is 50.5 Å². The Kier molecular flexibility index (Phi) is 5.84. The van der Waals surface area contributed by atoms with Crippen molar-refractivity contribution in [1.29, 1.82) is 0 Å². The summed E-state index contributed by atoms with van der Waals surface area (Å²) >= 11 is 0. The minimum Gasteiger partial charge on any atom is -0.396 e. The summed E-state index contributed by atoms with van der Waals surface area (Å²) in [4.78, 5) is 18.5. The summed E-state index contributed by atoms with van der Waals surface area (Å²) in [6.45, 7) is 5.25. The zero-order chi connectivity index (χ0) is 18.7. The molecule has 2 atom stereocenters. The van der Waals surface area contributed by atoms with Gasteiger partial charge in [0.25, 0.3) is 0 Å². The molecule has 27 heavy (non-hydrogen) atoms. The van der Waals surface area contributed by atoms with Crippen LogP contribution in [0.15, 0.2) is 30.3 Å². The van der Waals surface area contributed by atoms with E-state index in [1.807, 2.05) is 6.07 Å². The van der Waals surface area contributed by atoms with Crippen LogP contribution in [0.2, 0.25) is 0 Å². The Morgan fingerprint density at radius 2 is 1.67 bits per heavy atom. The van der Waals surface area contributed by atoms with Crippen molar-refractivity contribution in [2.24, 2.45) is 11.8 Å². The van der Waals surface area contributed by atoms with E-state index in [2.05, 4.69) is 34.1 Å². The largest absolute Gasteiger partial charge is 0.396 e. The van der Waals surface area contributed by atoms with Crippen LogP contribution in [0.3, 0.4) is 0 Å². The molecule has 0 radical (unpaired) electrons. The van der Waals surface area contributed by atoms with Crippen LogP contribution in [0.4, 0.5) is 0 Å². The van der Waals surface area contributed by atoms with Gasteiger partial charge in [0.2, 0.25) is 5.91 Å². The molecule has 4 nitrogen and oxygen atoms in total. The third-order valence-electron chi connectivity index (χ3n) is 7.08. The Morgan fingerprint density at radius 3 is 2.33 bits per heavy atom. The lowest BCUT2D eigenvalue weighted by Gasteiger charge is -2.42. The van der Waals surface area contributed by atoms with Gasteiger partial charge in [-0.3, -0.25) is 4.79 Å². The second-order valence-corrected chi connectivity index (χ2v) is 9.02. The summed E-state index contributed by atoms with van der Waals surface area (Å²) in [5, 5.41) is 9.86. The highest BCUT2D eigenvalue weighted by molar-refractivity contribution is 5.88. The first kappa shape index (κ1) is 18.9. The molecule has 1 aromatic carbocycles. The van der Waals surface area contributed by atoms with Gasteiger partial charge in [0.05, 0.1) is 5.41 Å². The summed E-state index contributed by atoms with van der Waals surface area (Å²) in [6, 6.07) is 10.4. The molecule has 2 saturated heterocycles. The summed E-state index contributed by atoms with van der Waals surface area (Å²) in [5.74, 6) is 1.03. The molecule has 2 aliphatic heterocycles. The zero-order valence-corrected chi connectivity index (χ0v) is 16.5. The molecule has 1 aliphatic carbocycles. The normalized spacial score (nSPS) is 28.6. The molecule has 0 spiro atoms. The number of hydrogen-bond acceptors (Lipinski definition) is 3. The molecule has 1 saturated carbocycles. The first-order valence-corrected chi connectivity index (χ1v) is 10.9. The number of amides is 1. The van der Waals surface area contributed by atoms with Crippen LogP contribution in [-0.2, 0) is 10.2 Å². The van der Waals surface area contributed by atoms with Gasteiger partial charge in [-0.05, 0) is 62.6 Å². The van der Waals surface area contributed by atoms with Crippen LogP contribution in [0.5, 0.6) is 0 Å². The van der Waals surface area contributed by atoms with Gasteiger partial charge in [0.15, 0.2) is 0 Å². The lowest BCUT2D eigenvalue weighted by Crippen LogP contribution is -2.53. The van der Waals surface area contributed by atoms with Crippen LogP contribution in [0.25, 0.3) is 0 Å². The molecule has 1 amide bonds. The third-order valence-corrected chi connectivity index (χ3v) is 7.08. The Morgan fingerprint density at radius 1 is 1.00 bits per heavy atom. The predicted molar refractivity (Wildman–Crippen MR) is 108 cm³/mol. The smallest absolute Gasteiger partial charge is 0.233 e. The van der Waals surface area contributed by atoms with E-state index in [9.17, 15) is 9.90 Å². The second kappa shape index (κ2) is 8.32. The maximum absolute atomic E-state index is 13.8. The van der Waals surface area contributed by atoms with Gasteiger partial charge in [0.1, 0.15) is 0 Å². The van der Waals surface area contributed by atoms with Crippen molar-refractivity contribution in [3.8, 4) is 0 Å². The molecule has 1 N–H and O–H groups in total. The summed E-state index contributed by atoms with van der Waals surface area (Å²) in [5.41, 5.74) is 0.853. The predicted octanol–water partition coefficient (Wildman–Crippen LogP) is 3.05.